The van der Waals surface area contributed by atoms with Crippen LogP contribution in [0.3, 0.4) is 0 Å². The molecular formula is C8H13N3S. The number of thioether (sulfide) groups is 1. The van der Waals surface area contributed by atoms with E-state index in [0.29, 0.717) is 0 Å². The van der Waals surface area contributed by atoms with Crippen LogP contribution in [0, 0.1) is 0 Å². The molecule has 0 unspecified atom stereocenters. The Balaban J connectivity index is 1.82. The third-order valence-electron chi connectivity index (χ3n) is 2.13. The molecule has 0 atom stereocenters. The number of hydrogen-bond acceptors (Lipinski definition) is 3. The van der Waals surface area contributed by atoms with Crippen LogP contribution < -0.4 is 5.32 Å². The lowest BCUT2D eigenvalue weighted by molar-refractivity contribution is 0.555. The van der Waals surface area contributed by atoms with Crippen molar-refractivity contribution in [2.24, 2.45) is 7.05 Å². The Morgan fingerprint density at radius 3 is 3.08 bits per heavy atom. The number of nitrogens with zero attached hydrogens (tertiary/aromatic N) is 2. The number of hydrogen-bond donors (Lipinski definition) is 1. The van der Waals surface area contributed by atoms with Gasteiger partial charge in [-0.1, -0.05) is 0 Å². The van der Waals surface area contributed by atoms with Gasteiger partial charge in [0.1, 0.15) is 0 Å². The number of aryl methyl sites for hydroxylation is 1. The molecule has 0 amide bonds. The highest BCUT2D eigenvalue weighted by Gasteiger charge is 2.17. The van der Waals surface area contributed by atoms with E-state index in [-0.39, 0.29) is 0 Å². The van der Waals surface area contributed by atoms with E-state index in [9.17, 15) is 0 Å². The van der Waals surface area contributed by atoms with Crippen molar-refractivity contribution in [3.05, 3.63) is 18.0 Å². The molecule has 2 rings (SSSR count). The molecule has 1 aliphatic heterocycles. The van der Waals surface area contributed by atoms with E-state index in [4.69, 9.17) is 0 Å². The minimum Gasteiger partial charge on any atom is -0.307 e. The minimum absolute atomic E-state index is 0.727. The Morgan fingerprint density at radius 1 is 1.75 bits per heavy atom. The second-order valence-electron chi connectivity index (χ2n) is 3.06. The first-order chi connectivity index (χ1) is 5.86. The van der Waals surface area contributed by atoms with Crippen LogP contribution in [0.2, 0.25) is 0 Å². The molecule has 1 aromatic rings. The molecule has 4 heteroatoms. The van der Waals surface area contributed by atoms with E-state index >= 15 is 0 Å². The average Bonchev–Trinajstić information content (AvgIpc) is 2.33. The summed E-state index contributed by atoms with van der Waals surface area (Å²) >= 11 is 2.00. The van der Waals surface area contributed by atoms with Crippen molar-refractivity contribution in [1.82, 2.24) is 15.1 Å². The van der Waals surface area contributed by atoms with Gasteiger partial charge in [0.2, 0.25) is 0 Å². The quantitative estimate of drug-likeness (QED) is 0.745. The van der Waals surface area contributed by atoms with Gasteiger partial charge in [0, 0.05) is 37.3 Å². The molecule has 0 saturated carbocycles. The van der Waals surface area contributed by atoms with Crippen molar-refractivity contribution >= 4 is 11.8 Å². The second-order valence-corrected chi connectivity index (χ2v) is 4.14. The van der Waals surface area contributed by atoms with Crippen molar-refractivity contribution in [3.8, 4) is 0 Å². The average molecular weight is 183 g/mol. The summed E-state index contributed by atoms with van der Waals surface area (Å²) in [5.74, 6) is 2.52. The SMILES string of the molecule is Cn1nccc1CNC1CSC1. The molecular weight excluding hydrogens is 170 g/mol. The fourth-order valence-corrected chi connectivity index (χ4v) is 1.88. The Hall–Kier alpha value is -0.480. The van der Waals surface area contributed by atoms with E-state index in [1.165, 1.54) is 17.2 Å². The van der Waals surface area contributed by atoms with Crippen molar-refractivity contribution < 1.29 is 0 Å². The molecule has 0 radical (unpaired) electrons. The number of rotatable bonds is 3. The number of nitrogens with one attached hydrogen (secondary N) is 1. The van der Waals surface area contributed by atoms with Crippen LogP contribution in [0.1, 0.15) is 5.69 Å². The third-order valence-corrected chi connectivity index (χ3v) is 3.41. The van der Waals surface area contributed by atoms with Crippen LogP contribution in [0.25, 0.3) is 0 Å². The summed E-state index contributed by atoms with van der Waals surface area (Å²) in [6.07, 6.45) is 1.84. The van der Waals surface area contributed by atoms with E-state index in [1.54, 1.807) is 0 Å². The van der Waals surface area contributed by atoms with E-state index < -0.39 is 0 Å². The Labute approximate surface area is 76.5 Å². The van der Waals surface area contributed by atoms with Gasteiger partial charge in [0.15, 0.2) is 0 Å². The van der Waals surface area contributed by atoms with E-state index in [2.05, 4.69) is 16.5 Å². The lowest BCUT2D eigenvalue weighted by Gasteiger charge is -2.25. The highest BCUT2D eigenvalue weighted by molar-refractivity contribution is 8.00. The van der Waals surface area contributed by atoms with Crippen molar-refractivity contribution in [1.29, 1.82) is 0 Å². The number of aromatic nitrogens is 2. The first-order valence-corrected chi connectivity index (χ1v) is 5.30. The standard InChI is InChI=1S/C8H13N3S/c1-11-8(2-3-10-11)4-9-7-5-12-6-7/h2-3,7,9H,4-6H2,1H3. The van der Waals surface area contributed by atoms with Gasteiger partial charge >= 0.3 is 0 Å². The molecule has 1 N–H and O–H groups in total. The van der Waals surface area contributed by atoms with E-state index in [1.807, 2.05) is 29.7 Å². The van der Waals surface area contributed by atoms with Gasteiger partial charge in [-0.25, -0.2) is 0 Å². The Bertz CT molecular complexity index is 255. The zero-order chi connectivity index (χ0) is 8.39. The molecule has 0 aliphatic carbocycles. The second kappa shape index (κ2) is 3.49. The summed E-state index contributed by atoms with van der Waals surface area (Å²) in [6.45, 7) is 0.946. The van der Waals surface area contributed by atoms with Crippen molar-refractivity contribution in [3.63, 3.8) is 0 Å². The fraction of sp³-hybridized carbons (Fsp3) is 0.625. The maximum absolute atomic E-state index is 4.11. The lowest BCUT2D eigenvalue weighted by atomic mass is 10.3. The molecule has 1 aromatic heterocycles. The highest BCUT2D eigenvalue weighted by Crippen LogP contribution is 2.17. The van der Waals surface area contributed by atoms with Gasteiger partial charge in [-0.05, 0) is 6.07 Å². The first kappa shape index (κ1) is 8.13. The van der Waals surface area contributed by atoms with Gasteiger partial charge in [-0.15, -0.1) is 0 Å². The molecule has 1 fully saturated rings. The normalized spacial score (nSPS) is 17.8. The Morgan fingerprint density at radius 2 is 2.58 bits per heavy atom. The summed E-state index contributed by atoms with van der Waals surface area (Å²) in [5.41, 5.74) is 1.26. The maximum Gasteiger partial charge on any atom is 0.0518 e. The summed E-state index contributed by atoms with van der Waals surface area (Å²) < 4.78 is 1.92. The molecule has 2 heterocycles. The topological polar surface area (TPSA) is 29.9 Å². The molecule has 3 nitrogen and oxygen atoms in total. The van der Waals surface area contributed by atoms with Crippen LogP contribution in [0.4, 0.5) is 0 Å². The van der Waals surface area contributed by atoms with Gasteiger partial charge in [0.25, 0.3) is 0 Å². The molecule has 66 valence electrons. The van der Waals surface area contributed by atoms with Crippen LogP contribution in [0.15, 0.2) is 12.3 Å². The van der Waals surface area contributed by atoms with Gasteiger partial charge in [-0.2, -0.15) is 16.9 Å². The summed E-state index contributed by atoms with van der Waals surface area (Å²) in [4.78, 5) is 0. The molecule has 0 aromatic carbocycles. The van der Waals surface area contributed by atoms with Gasteiger partial charge in [0.05, 0.1) is 5.69 Å². The largest absolute Gasteiger partial charge is 0.307 e. The lowest BCUT2D eigenvalue weighted by Crippen LogP contribution is -2.40. The fourth-order valence-electron chi connectivity index (χ4n) is 1.18. The minimum atomic E-state index is 0.727. The van der Waals surface area contributed by atoms with Crippen molar-refractivity contribution in [2.45, 2.75) is 12.6 Å². The Kier molecular flexibility index (Phi) is 2.37. The van der Waals surface area contributed by atoms with Crippen LogP contribution in [0.5, 0.6) is 0 Å². The maximum atomic E-state index is 4.11. The highest BCUT2D eigenvalue weighted by atomic mass is 32.2. The molecule has 1 saturated heterocycles. The molecule has 0 bridgehead atoms. The third kappa shape index (κ3) is 1.64. The predicted octanol–water partition coefficient (Wildman–Crippen LogP) is 0.625. The van der Waals surface area contributed by atoms with Crippen molar-refractivity contribution in [2.75, 3.05) is 11.5 Å². The monoisotopic (exact) mass is 183 g/mol. The molecule has 0 spiro atoms. The molecule has 1 aliphatic rings. The van der Waals surface area contributed by atoms with E-state index in [0.717, 1.165) is 12.6 Å². The van der Waals surface area contributed by atoms with Gasteiger partial charge in [-0.3, -0.25) is 4.68 Å². The zero-order valence-electron chi connectivity index (χ0n) is 7.16. The van der Waals surface area contributed by atoms with Crippen LogP contribution in [-0.2, 0) is 13.6 Å². The summed E-state index contributed by atoms with van der Waals surface area (Å²) in [6, 6.07) is 2.78. The predicted molar refractivity (Wildman–Crippen MR) is 51.2 cm³/mol. The summed E-state index contributed by atoms with van der Waals surface area (Å²) in [7, 11) is 1.98. The van der Waals surface area contributed by atoms with Gasteiger partial charge < -0.3 is 5.32 Å². The summed E-state index contributed by atoms with van der Waals surface area (Å²) in [5, 5.41) is 7.59. The van der Waals surface area contributed by atoms with Crippen LogP contribution in [-0.4, -0.2) is 27.3 Å². The van der Waals surface area contributed by atoms with Crippen LogP contribution >= 0.6 is 11.8 Å². The first-order valence-electron chi connectivity index (χ1n) is 4.14. The smallest absolute Gasteiger partial charge is 0.0518 e. The molecule has 12 heavy (non-hydrogen) atoms. The zero-order valence-corrected chi connectivity index (χ0v) is 7.97.